The number of halogens is 1. The molecular weight excluding hydrogens is 440 g/mol. The third-order valence-corrected chi connectivity index (χ3v) is 6.50. The monoisotopic (exact) mass is 462 g/mol. The van der Waals surface area contributed by atoms with Crippen molar-refractivity contribution in [1.29, 1.82) is 0 Å². The van der Waals surface area contributed by atoms with Gasteiger partial charge in [-0.1, -0.05) is 78.0 Å². The molecule has 1 N–H and O–H groups in total. The summed E-state index contributed by atoms with van der Waals surface area (Å²) in [5.41, 5.74) is 2.83. The van der Waals surface area contributed by atoms with Crippen molar-refractivity contribution in [2.24, 2.45) is 0 Å². The lowest BCUT2D eigenvalue weighted by Crippen LogP contribution is -2.15. The van der Waals surface area contributed by atoms with E-state index in [-0.39, 0.29) is 11.7 Å². The van der Waals surface area contributed by atoms with Crippen molar-refractivity contribution in [2.45, 2.75) is 25.0 Å². The second-order valence-electron chi connectivity index (χ2n) is 7.41. The van der Waals surface area contributed by atoms with Gasteiger partial charge in [0, 0.05) is 23.7 Å². The lowest BCUT2D eigenvalue weighted by atomic mass is 10.0. The Hall–Kier alpha value is -3.09. The summed E-state index contributed by atoms with van der Waals surface area (Å²) < 4.78 is 2.01. The fourth-order valence-electron chi connectivity index (χ4n) is 3.48. The van der Waals surface area contributed by atoms with E-state index in [2.05, 4.69) is 52.4 Å². The molecular formula is C25H23ClN4OS. The van der Waals surface area contributed by atoms with Crippen molar-refractivity contribution < 1.29 is 4.79 Å². The van der Waals surface area contributed by atoms with Crippen LogP contribution in [0.3, 0.4) is 0 Å². The predicted octanol–water partition coefficient (Wildman–Crippen LogP) is 5.90. The number of aromatic nitrogens is 3. The molecule has 0 fully saturated rings. The SMILES string of the molecule is C=CCn1c(Cc2cccc3ccccc23)nnc1SCC(=O)Nc1ccc(C)c(Cl)c1. The number of fused-ring (bicyclic) bond motifs is 1. The number of allylic oxidation sites excluding steroid dienone is 1. The number of anilines is 1. The number of hydrogen-bond donors (Lipinski definition) is 1. The summed E-state index contributed by atoms with van der Waals surface area (Å²) >= 11 is 7.50. The molecule has 5 nitrogen and oxygen atoms in total. The maximum Gasteiger partial charge on any atom is 0.234 e. The summed E-state index contributed by atoms with van der Waals surface area (Å²) in [7, 11) is 0. The van der Waals surface area contributed by atoms with Crippen LogP contribution in [-0.2, 0) is 17.8 Å². The molecule has 1 heterocycles. The lowest BCUT2D eigenvalue weighted by molar-refractivity contribution is -0.113. The van der Waals surface area contributed by atoms with Gasteiger partial charge < -0.3 is 9.88 Å². The van der Waals surface area contributed by atoms with Crippen LogP contribution in [0.2, 0.25) is 5.02 Å². The Morgan fingerprint density at radius 2 is 1.97 bits per heavy atom. The number of thioether (sulfide) groups is 1. The van der Waals surface area contributed by atoms with Gasteiger partial charge in [-0.3, -0.25) is 4.79 Å². The lowest BCUT2D eigenvalue weighted by Gasteiger charge is -2.10. The summed E-state index contributed by atoms with van der Waals surface area (Å²) in [5.74, 6) is 0.933. The van der Waals surface area contributed by atoms with Gasteiger partial charge in [-0.05, 0) is 41.0 Å². The number of benzene rings is 3. The molecule has 0 unspecified atom stereocenters. The molecule has 4 rings (SSSR count). The van der Waals surface area contributed by atoms with Crippen LogP contribution in [0.5, 0.6) is 0 Å². The smallest absolute Gasteiger partial charge is 0.234 e. The van der Waals surface area contributed by atoms with Gasteiger partial charge in [-0.25, -0.2) is 0 Å². The van der Waals surface area contributed by atoms with Crippen LogP contribution in [0, 0.1) is 6.92 Å². The summed E-state index contributed by atoms with van der Waals surface area (Å²) in [4.78, 5) is 12.4. The first-order chi connectivity index (χ1) is 15.5. The van der Waals surface area contributed by atoms with Crippen molar-refractivity contribution in [3.8, 4) is 0 Å². The van der Waals surface area contributed by atoms with Crippen molar-refractivity contribution in [2.75, 3.05) is 11.1 Å². The molecule has 0 saturated heterocycles. The molecule has 1 aromatic heterocycles. The molecule has 0 aliphatic carbocycles. The Morgan fingerprint density at radius 3 is 2.78 bits per heavy atom. The number of hydrogen-bond acceptors (Lipinski definition) is 4. The Labute approximate surface area is 196 Å². The van der Waals surface area contributed by atoms with Gasteiger partial charge in [-0.2, -0.15) is 0 Å². The summed E-state index contributed by atoms with van der Waals surface area (Å²) in [6.07, 6.45) is 2.46. The molecule has 3 aromatic carbocycles. The normalized spacial score (nSPS) is 10.9. The number of carbonyl (C=O) groups is 1. The van der Waals surface area contributed by atoms with E-state index in [9.17, 15) is 4.79 Å². The second kappa shape index (κ2) is 10.0. The zero-order valence-electron chi connectivity index (χ0n) is 17.7. The quantitative estimate of drug-likeness (QED) is 0.261. The van der Waals surface area contributed by atoms with E-state index in [0.29, 0.717) is 28.8 Å². The first kappa shape index (κ1) is 22.1. The minimum atomic E-state index is -0.126. The molecule has 0 spiro atoms. The Bertz CT molecular complexity index is 1280. The third kappa shape index (κ3) is 5.03. The van der Waals surface area contributed by atoms with Gasteiger partial charge in [0.2, 0.25) is 5.91 Å². The maximum absolute atomic E-state index is 12.4. The average molecular weight is 463 g/mol. The van der Waals surface area contributed by atoms with E-state index >= 15 is 0 Å². The van der Waals surface area contributed by atoms with Crippen molar-refractivity contribution in [3.05, 3.63) is 95.3 Å². The molecule has 0 radical (unpaired) electrons. The molecule has 0 saturated carbocycles. The number of carbonyl (C=O) groups excluding carboxylic acids is 1. The van der Waals surface area contributed by atoms with Crippen LogP contribution < -0.4 is 5.32 Å². The topological polar surface area (TPSA) is 59.8 Å². The van der Waals surface area contributed by atoms with E-state index in [1.165, 1.54) is 28.1 Å². The Balaban J connectivity index is 1.48. The largest absolute Gasteiger partial charge is 0.325 e. The molecule has 162 valence electrons. The second-order valence-corrected chi connectivity index (χ2v) is 8.76. The minimum Gasteiger partial charge on any atom is -0.325 e. The zero-order chi connectivity index (χ0) is 22.5. The highest BCUT2D eigenvalue weighted by molar-refractivity contribution is 7.99. The van der Waals surface area contributed by atoms with Crippen LogP contribution in [0.25, 0.3) is 10.8 Å². The van der Waals surface area contributed by atoms with E-state index in [0.717, 1.165) is 11.4 Å². The summed E-state index contributed by atoms with van der Waals surface area (Å²) in [6.45, 7) is 6.36. The Kier molecular flexibility index (Phi) is 6.93. The van der Waals surface area contributed by atoms with Gasteiger partial charge in [0.25, 0.3) is 0 Å². The molecule has 0 aliphatic rings. The Morgan fingerprint density at radius 1 is 1.16 bits per heavy atom. The standard InChI is InChI=1S/C25H23ClN4OS/c1-3-13-30-23(14-19-9-6-8-18-7-4-5-10-21(18)19)28-29-25(30)32-16-24(31)27-20-12-11-17(2)22(26)15-20/h3-12,15H,1,13-14,16H2,2H3,(H,27,31). The van der Waals surface area contributed by atoms with Crippen LogP contribution in [0.1, 0.15) is 17.0 Å². The number of amides is 1. The van der Waals surface area contributed by atoms with Crippen molar-refractivity contribution in [1.82, 2.24) is 14.8 Å². The third-order valence-electron chi connectivity index (χ3n) is 5.12. The number of rotatable bonds is 8. The molecule has 0 bridgehead atoms. The molecule has 7 heteroatoms. The van der Waals surface area contributed by atoms with Crippen LogP contribution in [-0.4, -0.2) is 26.4 Å². The average Bonchev–Trinajstić information content (AvgIpc) is 3.17. The fraction of sp³-hybridized carbons (Fsp3) is 0.160. The highest BCUT2D eigenvalue weighted by Crippen LogP contribution is 2.24. The van der Waals surface area contributed by atoms with Crippen molar-refractivity contribution in [3.63, 3.8) is 0 Å². The van der Waals surface area contributed by atoms with Crippen molar-refractivity contribution >= 4 is 45.7 Å². The fourth-order valence-corrected chi connectivity index (χ4v) is 4.43. The van der Waals surface area contributed by atoms with Gasteiger partial charge in [0.05, 0.1) is 5.75 Å². The van der Waals surface area contributed by atoms with Gasteiger partial charge in [0.1, 0.15) is 5.82 Å². The van der Waals surface area contributed by atoms with Crippen LogP contribution in [0.15, 0.2) is 78.5 Å². The van der Waals surface area contributed by atoms with E-state index in [1.54, 1.807) is 6.07 Å². The number of nitrogens with one attached hydrogen (secondary N) is 1. The zero-order valence-corrected chi connectivity index (χ0v) is 19.3. The minimum absolute atomic E-state index is 0.126. The highest BCUT2D eigenvalue weighted by Gasteiger charge is 2.15. The first-order valence-electron chi connectivity index (χ1n) is 10.2. The van der Waals surface area contributed by atoms with Gasteiger partial charge >= 0.3 is 0 Å². The molecule has 0 aliphatic heterocycles. The number of nitrogens with zero attached hydrogens (tertiary/aromatic N) is 3. The maximum atomic E-state index is 12.4. The number of aryl methyl sites for hydroxylation is 1. The molecule has 4 aromatic rings. The van der Waals surface area contributed by atoms with E-state index in [1.807, 2.05) is 41.8 Å². The summed E-state index contributed by atoms with van der Waals surface area (Å²) in [6, 6.07) is 20.1. The van der Waals surface area contributed by atoms with Gasteiger partial charge in [0.15, 0.2) is 5.16 Å². The van der Waals surface area contributed by atoms with Gasteiger partial charge in [-0.15, -0.1) is 16.8 Å². The van der Waals surface area contributed by atoms with Crippen LogP contribution >= 0.6 is 23.4 Å². The predicted molar refractivity (Wildman–Crippen MR) is 133 cm³/mol. The van der Waals surface area contributed by atoms with E-state index < -0.39 is 0 Å². The first-order valence-corrected chi connectivity index (χ1v) is 11.6. The van der Waals surface area contributed by atoms with E-state index in [4.69, 9.17) is 11.6 Å². The highest BCUT2D eigenvalue weighted by atomic mass is 35.5. The molecule has 1 amide bonds. The summed E-state index contributed by atoms with van der Waals surface area (Å²) in [5, 5.41) is 15.3. The molecule has 32 heavy (non-hydrogen) atoms. The molecule has 0 atom stereocenters. The van der Waals surface area contributed by atoms with Crippen LogP contribution in [0.4, 0.5) is 5.69 Å².